The Labute approximate surface area is 157 Å². The molecule has 9 heteroatoms. The SMILES string of the molecule is CN=C(NCc1cccc(S(N)(=O)=O)c1)NCc1cccs1.I. The summed E-state index contributed by atoms with van der Waals surface area (Å²) in [7, 11) is -2.00. The molecule has 0 atom stereocenters. The van der Waals surface area contributed by atoms with Gasteiger partial charge in [0.05, 0.1) is 11.4 Å². The maximum absolute atomic E-state index is 11.3. The van der Waals surface area contributed by atoms with Crippen LogP contribution in [0.5, 0.6) is 0 Å². The number of thiophene rings is 1. The van der Waals surface area contributed by atoms with Crippen LogP contribution in [0.15, 0.2) is 51.7 Å². The quantitative estimate of drug-likeness (QED) is 0.356. The maximum Gasteiger partial charge on any atom is 0.238 e. The van der Waals surface area contributed by atoms with E-state index in [2.05, 4.69) is 15.6 Å². The first-order valence-corrected chi connectivity index (χ1v) is 9.00. The van der Waals surface area contributed by atoms with Gasteiger partial charge in [-0.2, -0.15) is 0 Å². The van der Waals surface area contributed by atoms with Gasteiger partial charge in [0.2, 0.25) is 10.0 Å². The maximum atomic E-state index is 11.3. The lowest BCUT2D eigenvalue weighted by Gasteiger charge is -2.11. The molecular weight excluding hydrogens is 447 g/mol. The second-order valence-electron chi connectivity index (χ2n) is 4.55. The number of sulfonamides is 1. The smallest absolute Gasteiger partial charge is 0.238 e. The molecule has 2 aromatic rings. The summed E-state index contributed by atoms with van der Waals surface area (Å²) >= 11 is 1.67. The molecule has 6 nitrogen and oxygen atoms in total. The Hall–Kier alpha value is -1.17. The monoisotopic (exact) mass is 466 g/mol. The van der Waals surface area contributed by atoms with Crippen molar-refractivity contribution in [2.24, 2.45) is 10.1 Å². The van der Waals surface area contributed by atoms with Gasteiger partial charge < -0.3 is 10.6 Å². The van der Waals surface area contributed by atoms with Gasteiger partial charge in [0.15, 0.2) is 5.96 Å². The molecule has 23 heavy (non-hydrogen) atoms. The molecule has 126 valence electrons. The number of primary sulfonamides is 1. The van der Waals surface area contributed by atoms with Crippen LogP contribution in [-0.2, 0) is 23.1 Å². The van der Waals surface area contributed by atoms with Crippen LogP contribution in [-0.4, -0.2) is 21.4 Å². The van der Waals surface area contributed by atoms with Crippen molar-refractivity contribution in [3.8, 4) is 0 Å². The highest BCUT2D eigenvalue weighted by molar-refractivity contribution is 14.0. The molecule has 0 saturated carbocycles. The van der Waals surface area contributed by atoms with E-state index in [1.807, 2.05) is 23.6 Å². The number of benzene rings is 1. The zero-order chi connectivity index (χ0) is 16.0. The van der Waals surface area contributed by atoms with Crippen molar-refractivity contribution in [1.82, 2.24) is 10.6 Å². The number of guanidine groups is 1. The molecule has 0 aliphatic carbocycles. The molecule has 0 fully saturated rings. The molecule has 0 aliphatic rings. The van der Waals surface area contributed by atoms with Crippen LogP contribution in [0, 0.1) is 0 Å². The van der Waals surface area contributed by atoms with Crippen LogP contribution in [0.1, 0.15) is 10.4 Å². The molecule has 0 aliphatic heterocycles. The van der Waals surface area contributed by atoms with Crippen molar-refractivity contribution < 1.29 is 8.42 Å². The van der Waals surface area contributed by atoms with Gasteiger partial charge in [-0.3, -0.25) is 4.99 Å². The van der Waals surface area contributed by atoms with E-state index in [1.165, 1.54) is 10.9 Å². The molecular formula is C14H19IN4O2S2. The first-order valence-electron chi connectivity index (χ1n) is 6.57. The van der Waals surface area contributed by atoms with Crippen molar-refractivity contribution in [2.75, 3.05) is 7.05 Å². The van der Waals surface area contributed by atoms with Gasteiger partial charge in [0.1, 0.15) is 0 Å². The average molecular weight is 466 g/mol. The Bertz CT molecular complexity index is 746. The summed E-state index contributed by atoms with van der Waals surface area (Å²) < 4.78 is 22.7. The summed E-state index contributed by atoms with van der Waals surface area (Å²) in [5, 5.41) is 13.5. The van der Waals surface area contributed by atoms with E-state index in [0.29, 0.717) is 19.0 Å². The van der Waals surface area contributed by atoms with Gasteiger partial charge in [-0.05, 0) is 29.1 Å². The van der Waals surface area contributed by atoms with Crippen molar-refractivity contribution >= 4 is 51.3 Å². The van der Waals surface area contributed by atoms with Crippen molar-refractivity contribution in [3.63, 3.8) is 0 Å². The van der Waals surface area contributed by atoms with E-state index in [1.54, 1.807) is 30.5 Å². The fraction of sp³-hybridized carbons (Fsp3) is 0.214. The van der Waals surface area contributed by atoms with E-state index in [-0.39, 0.29) is 28.9 Å². The van der Waals surface area contributed by atoms with Gasteiger partial charge in [-0.25, -0.2) is 13.6 Å². The average Bonchev–Trinajstić information content (AvgIpc) is 3.00. The standard InChI is InChI=1S/C14H18N4O2S2.HI/c1-16-14(18-10-12-5-3-7-21-12)17-9-11-4-2-6-13(8-11)22(15,19)20;/h2-8H,9-10H2,1H3,(H2,15,19,20)(H2,16,17,18);1H. The van der Waals surface area contributed by atoms with E-state index in [9.17, 15) is 8.42 Å². The van der Waals surface area contributed by atoms with Crippen LogP contribution in [0.2, 0.25) is 0 Å². The normalized spacial score (nSPS) is 11.7. The fourth-order valence-electron chi connectivity index (χ4n) is 1.82. The molecule has 2 rings (SSSR count). The Morgan fingerprint density at radius 2 is 1.96 bits per heavy atom. The number of nitrogens with zero attached hydrogens (tertiary/aromatic N) is 1. The number of nitrogens with one attached hydrogen (secondary N) is 2. The van der Waals surface area contributed by atoms with Crippen molar-refractivity contribution in [3.05, 3.63) is 52.2 Å². The third kappa shape index (κ3) is 6.45. The zero-order valence-electron chi connectivity index (χ0n) is 12.5. The summed E-state index contributed by atoms with van der Waals surface area (Å²) in [5.41, 5.74) is 0.811. The zero-order valence-corrected chi connectivity index (χ0v) is 16.5. The second-order valence-corrected chi connectivity index (χ2v) is 7.14. The number of nitrogens with two attached hydrogens (primary N) is 1. The van der Waals surface area contributed by atoms with Gasteiger partial charge in [-0.1, -0.05) is 18.2 Å². The lowest BCUT2D eigenvalue weighted by atomic mass is 10.2. The van der Waals surface area contributed by atoms with Crippen molar-refractivity contribution in [1.29, 1.82) is 0 Å². The summed E-state index contributed by atoms with van der Waals surface area (Å²) in [5.74, 6) is 0.648. The first kappa shape index (κ1) is 19.9. The predicted octanol–water partition coefficient (Wildman–Crippen LogP) is 1.88. The van der Waals surface area contributed by atoms with Crippen LogP contribution < -0.4 is 15.8 Å². The summed E-state index contributed by atoms with van der Waals surface area (Å²) in [6, 6.07) is 10.6. The first-order chi connectivity index (χ1) is 10.5. The molecule has 1 aromatic heterocycles. The fourth-order valence-corrected chi connectivity index (χ4v) is 3.05. The third-order valence-electron chi connectivity index (χ3n) is 2.92. The lowest BCUT2D eigenvalue weighted by molar-refractivity contribution is 0.597. The summed E-state index contributed by atoms with van der Waals surface area (Å²) in [6.07, 6.45) is 0. The molecule has 0 amide bonds. The number of halogens is 1. The molecule has 0 radical (unpaired) electrons. The number of rotatable bonds is 5. The van der Waals surface area contributed by atoms with E-state index in [0.717, 1.165) is 5.56 Å². The Kier molecular flexibility index (Phi) is 7.95. The minimum absolute atomic E-state index is 0. The van der Waals surface area contributed by atoms with Gasteiger partial charge in [-0.15, -0.1) is 35.3 Å². The molecule has 0 saturated heterocycles. The molecule has 0 spiro atoms. The summed E-state index contributed by atoms with van der Waals surface area (Å²) in [4.78, 5) is 5.44. The van der Waals surface area contributed by atoms with Gasteiger partial charge in [0, 0.05) is 18.5 Å². The Morgan fingerprint density at radius 1 is 1.22 bits per heavy atom. The van der Waals surface area contributed by atoms with Crippen LogP contribution in [0.4, 0.5) is 0 Å². The number of aliphatic imine (C=N–C) groups is 1. The Balaban J connectivity index is 0.00000264. The molecule has 0 bridgehead atoms. The van der Waals surface area contributed by atoms with Crippen LogP contribution in [0.3, 0.4) is 0 Å². The molecule has 0 unspecified atom stereocenters. The largest absolute Gasteiger partial charge is 0.352 e. The Morgan fingerprint density at radius 3 is 2.57 bits per heavy atom. The highest BCUT2D eigenvalue weighted by atomic mass is 127. The van der Waals surface area contributed by atoms with E-state index < -0.39 is 10.0 Å². The third-order valence-corrected chi connectivity index (χ3v) is 4.71. The molecule has 1 aromatic carbocycles. The van der Waals surface area contributed by atoms with Gasteiger partial charge in [0.25, 0.3) is 0 Å². The van der Waals surface area contributed by atoms with Crippen LogP contribution in [0.25, 0.3) is 0 Å². The number of hydrogen-bond acceptors (Lipinski definition) is 4. The number of hydrogen-bond donors (Lipinski definition) is 3. The lowest BCUT2D eigenvalue weighted by Crippen LogP contribution is -2.36. The van der Waals surface area contributed by atoms with Crippen molar-refractivity contribution in [2.45, 2.75) is 18.0 Å². The minimum atomic E-state index is -3.68. The topological polar surface area (TPSA) is 96.6 Å². The molecule has 1 heterocycles. The predicted molar refractivity (Wildman–Crippen MR) is 105 cm³/mol. The van der Waals surface area contributed by atoms with E-state index in [4.69, 9.17) is 5.14 Å². The second kappa shape index (κ2) is 9.21. The summed E-state index contributed by atoms with van der Waals surface area (Å²) in [6.45, 7) is 1.14. The van der Waals surface area contributed by atoms with Crippen LogP contribution >= 0.6 is 35.3 Å². The van der Waals surface area contributed by atoms with Gasteiger partial charge >= 0.3 is 0 Å². The highest BCUT2D eigenvalue weighted by Gasteiger charge is 2.08. The highest BCUT2D eigenvalue weighted by Crippen LogP contribution is 2.10. The molecule has 4 N–H and O–H groups in total. The minimum Gasteiger partial charge on any atom is -0.352 e. The van der Waals surface area contributed by atoms with E-state index >= 15 is 0 Å².